The Morgan fingerprint density at radius 2 is 2.05 bits per heavy atom. The summed E-state index contributed by atoms with van der Waals surface area (Å²) in [5.74, 6) is -0.383. The van der Waals surface area contributed by atoms with Gasteiger partial charge in [-0.05, 0) is 13.0 Å². The predicted octanol–water partition coefficient (Wildman–Crippen LogP) is 1.44. The van der Waals surface area contributed by atoms with E-state index in [9.17, 15) is 13.6 Å². The van der Waals surface area contributed by atoms with Crippen molar-refractivity contribution in [3.8, 4) is 5.75 Å². The summed E-state index contributed by atoms with van der Waals surface area (Å²) in [5, 5.41) is 2.64. The monoisotopic (exact) mass is 288 g/mol. The van der Waals surface area contributed by atoms with Gasteiger partial charge in [0.1, 0.15) is 11.9 Å². The Kier molecular flexibility index (Phi) is 6.33. The van der Waals surface area contributed by atoms with Crippen molar-refractivity contribution in [2.45, 2.75) is 25.7 Å². The maximum Gasteiger partial charge on any atom is 0.387 e. The van der Waals surface area contributed by atoms with Crippen LogP contribution in [0.1, 0.15) is 18.5 Å². The molecular weight excluding hydrogens is 270 g/mol. The number of amides is 1. The first-order valence-corrected chi connectivity index (χ1v) is 6.06. The van der Waals surface area contributed by atoms with Gasteiger partial charge in [-0.2, -0.15) is 8.78 Å². The zero-order valence-corrected chi connectivity index (χ0v) is 11.3. The van der Waals surface area contributed by atoms with Gasteiger partial charge < -0.3 is 20.5 Å². The fourth-order valence-electron chi connectivity index (χ4n) is 1.74. The summed E-state index contributed by atoms with van der Waals surface area (Å²) in [7, 11) is 1.37. The van der Waals surface area contributed by atoms with E-state index in [0.717, 1.165) is 0 Å². The van der Waals surface area contributed by atoms with E-state index in [2.05, 4.69) is 10.1 Å². The third-order valence-corrected chi connectivity index (χ3v) is 2.75. The first-order valence-electron chi connectivity index (χ1n) is 6.06. The van der Waals surface area contributed by atoms with Crippen LogP contribution in [0.5, 0.6) is 5.75 Å². The van der Waals surface area contributed by atoms with Crippen LogP contribution in [0.3, 0.4) is 0 Å². The number of alkyl halides is 2. The smallest absolute Gasteiger partial charge is 0.387 e. The number of hydrogen-bond donors (Lipinski definition) is 2. The zero-order valence-electron chi connectivity index (χ0n) is 11.3. The number of ether oxygens (including phenoxy) is 2. The highest BCUT2D eigenvalue weighted by Crippen LogP contribution is 2.26. The van der Waals surface area contributed by atoms with Gasteiger partial charge >= 0.3 is 6.61 Å². The van der Waals surface area contributed by atoms with Gasteiger partial charge in [0.05, 0.1) is 6.04 Å². The summed E-state index contributed by atoms with van der Waals surface area (Å²) in [5.41, 5.74) is 5.84. The number of nitrogens with one attached hydrogen (secondary N) is 1. The van der Waals surface area contributed by atoms with Crippen molar-refractivity contribution in [1.29, 1.82) is 0 Å². The molecule has 0 bridgehead atoms. The molecule has 0 spiro atoms. The molecule has 0 aliphatic heterocycles. The second kappa shape index (κ2) is 7.76. The molecule has 0 aliphatic carbocycles. The van der Waals surface area contributed by atoms with Crippen LogP contribution in [0.25, 0.3) is 0 Å². The van der Waals surface area contributed by atoms with E-state index < -0.39 is 24.7 Å². The Hall–Kier alpha value is -1.73. The number of carbonyl (C=O) groups excluding carboxylic acids is 1. The summed E-state index contributed by atoms with van der Waals surface area (Å²) < 4.78 is 34.0. The second-order valence-corrected chi connectivity index (χ2v) is 4.11. The van der Waals surface area contributed by atoms with E-state index in [-0.39, 0.29) is 12.3 Å². The minimum Gasteiger partial charge on any atom is -0.434 e. The molecule has 2 atom stereocenters. The van der Waals surface area contributed by atoms with Crippen LogP contribution >= 0.6 is 0 Å². The van der Waals surface area contributed by atoms with E-state index in [0.29, 0.717) is 5.56 Å². The molecule has 20 heavy (non-hydrogen) atoms. The van der Waals surface area contributed by atoms with Crippen LogP contribution in [0.4, 0.5) is 8.78 Å². The van der Waals surface area contributed by atoms with Gasteiger partial charge in [-0.25, -0.2) is 0 Å². The summed E-state index contributed by atoms with van der Waals surface area (Å²) >= 11 is 0. The molecule has 0 saturated carbocycles. The molecule has 1 amide bonds. The molecule has 3 N–H and O–H groups in total. The fraction of sp³-hybridized carbons (Fsp3) is 0.462. The SMILES string of the molecule is COC(CN)C(=O)NC(C)c1ccccc1OC(F)F. The molecule has 112 valence electrons. The fourth-order valence-corrected chi connectivity index (χ4v) is 1.74. The summed E-state index contributed by atoms with van der Waals surface area (Å²) in [6.45, 7) is -1.23. The highest BCUT2D eigenvalue weighted by atomic mass is 19.3. The van der Waals surface area contributed by atoms with Crippen LogP contribution in [-0.2, 0) is 9.53 Å². The van der Waals surface area contributed by atoms with Crippen molar-refractivity contribution in [3.63, 3.8) is 0 Å². The molecule has 0 aromatic heterocycles. The molecule has 1 aromatic carbocycles. The third kappa shape index (κ3) is 4.43. The summed E-state index contributed by atoms with van der Waals surface area (Å²) in [6, 6.07) is 5.76. The zero-order chi connectivity index (χ0) is 15.1. The molecule has 2 unspecified atom stereocenters. The van der Waals surface area contributed by atoms with Crippen molar-refractivity contribution in [2.75, 3.05) is 13.7 Å². The van der Waals surface area contributed by atoms with Crippen LogP contribution in [-0.4, -0.2) is 32.3 Å². The molecule has 0 aliphatic rings. The second-order valence-electron chi connectivity index (χ2n) is 4.11. The first-order chi connectivity index (χ1) is 9.49. The number of carbonyl (C=O) groups is 1. The topological polar surface area (TPSA) is 73.6 Å². The number of benzene rings is 1. The highest BCUT2D eigenvalue weighted by Gasteiger charge is 2.21. The number of para-hydroxylation sites is 1. The third-order valence-electron chi connectivity index (χ3n) is 2.75. The Balaban J connectivity index is 2.81. The average molecular weight is 288 g/mol. The molecule has 5 nitrogen and oxygen atoms in total. The van der Waals surface area contributed by atoms with E-state index in [1.54, 1.807) is 25.1 Å². The van der Waals surface area contributed by atoms with E-state index in [4.69, 9.17) is 10.5 Å². The number of rotatable bonds is 7. The van der Waals surface area contributed by atoms with E-state index >= 15 is 0 Å². The minimum absolute atomic E-state index is 0.0250. The maximum atomic E-state index is 12.3. The maximum absolute atomic E-state index is 12.3. The van der Waals surface area contributed by atoms with Gasteiger partial charge in [-0.1, -0.05) is 18.2 Å². The molecule has 0 heterocycles. The van der Waals surface area contributed by atoms with Gasteiger partial charge in [0.25, 0.3) is 5.91 Å². The van der Waals surface area contributed by atoms with E-state index in [1.165, 1.54) is 13.2 Å². The van der Waals surface area contributed by atoms with Gasteiger partial charge in [0, 0.05) is 19.2 Å². The quantitative estimate of drug-likeness (QED) is 0.796. The lowest BCUT2D eigenvalue weighted by molar-refractivity contribution is -0.131. The molecule has 1 aromatic rings. The normalized spacial score (nSPS) is 13.9. The lowest BCUT2D eigenvalue weighted by Crippen LogP contribution is -2.41. The van der Waals surface area contributed by atoms with Crippen molar-refractivity contribution in [3.05, 3.63) is 29.8 Å². The molecule has 0 saturated heterocycles. The predicted molar refractivity (Wildman–Crippen MR) is 69.5 cm³/mol. The first kappa shape index (κ1) is 16.3. The van der Waals surface area contributed by atoms with Crippen molar-refractivity contribution < 1.29 is 23.0 Å². The van der Waals surface area contributed by atoms with Crippen LogP contribution in [0.15, 0.2) is 24.3 Å². The number of nitrogens with two attached hydrogens (primary N) is 1. The number of hydrogen-bond acceptors (Lipinski definition) is 4. The van der Waals surface area contributed by atoms with Crippen LogP contribution in [0.2, 0.25) is 0 Å². The largest absolute Gasteiger partial charge is 0.434 e. The lowest BCUT2D eigenvalue weighted by Gasteiger charge is -2.20. The summed E-state index contributed by atoms with van der Waals surface area (Å²) in [4.78, 5) is 11.8. The van der Waals surface area contributed by atoms with Gasteiger partial charge in [-0.3, -0.25) is 4.79 Å². The summed E-state index contributed by atoms with van der Waals surface area (Å²) in [6.07, 6.45) is -0.777. The molecule has 0 radical (unpaired) electrons. The number of methoxy groups -OCH3 is 1. The standard InChI is InChI=1S/C13H18F2N2O3/c1-8(17-12(18)11(7-16)19-2)9-5-3-4-6-10(9)20-13(14)15/h3-6,8,11,13H,7,16H2,1-2H3,(H,17,18). The van der Waals surface area contributed by atoms with Crippen LogP contribution < -0.4 is 15.8 Å². The van der Waals surface area contributed by atoms with Crippen molar-refractivity contribution in [1.82, 2.24) is 5.32 Å². The van der Waals surface area contributed by atoms with Gasteiger partial charge in [0.2, 0.25) is 0 Å². The van der Waals surface area contributed by atoms with E-state index in [1.807, 2.05) is 0 Å². The number of halogens is 2. The Labute approximate surface area is 116 Å². The van der Waals surface area contributed by atoms with Gasteiger partial charge in [-0.15, -0.1) is 0 Å². The molecule has 1 rings (SSSR count). The molecular formula is C13H18F2N2O3. The van der Waals surface area contributed by atoms with Crippen molar-refractivity contribution in [2.24, 2.45) is 5.73 Å². The Morgan fingerprint density at radius 1 is 1.40 bits per heavy atom. The molecule has 0 fully saturated rings. The van der Waals surface area contributed by atoms with Crippen molar-refractivity contribution >= 4 is 5.91 Å². The Bertz CT molecular complexity index is 439. The lowest BCUT2D eigenvalue weighted by atomic mass is 10.1. The molecule has 7 heteroatoms. The Morgan fingerprint density at radius 3 is 2.60 bits per heavy atom. The van der Waals surface area contributed by atoms with Crippen LogP contribution in [0, 0.1) is 0 Å². The highest BCUT2D eigenvalue weighted by molar-refractivity contribution is 5.81. The minimum atomic E-state index is -2.92. The van der Waals surface area contributed by atoms with Gasteiger partial charge in [0.15, 0.2) is 0 Å². The average Bonchev–Trinajstić information content (AvgIpc) is 2.39.